The summed E-state index contributed by atoms with van der Waals surface area (Å²) in [6.07, 6.45) is 6.91. The minimum atomic E-state index is -0.115. The predicted octanol–water partition coefficient (Wildman–Crippen LogP) is 2.02. The highest BCUT2D eigenvalue weighted by atomic mass is 16.2. The third-order valence-corrected chi connectivity index (χ3v) is 3.52. The van der Waals surface area contributed by atoms with Crippen molar-refractivity contribution in [2.75, 3.05) is 7.05 Å². The Bertz CT molecular complexity index is 523. The first-order valence-corrected chi connectivity index (χ1v) is 6.94. The van der Waals surface area contributed by atoms with Gasteiger partial charge >= 0.3 is 0 Å². The van der Waals surface area contributed by atoms with Crippen molar-refractivity contribution in [1.29, 1.82) is 0 Å². The summed E-state index contributed by atoms with van der Waals surface area (Å²) in [5.41, 5.74) is 1.55. The molecule has 1 aromatic rings. The lowest BCUT2D eigenvalue weighted by Gasteiger charge is -2.17. The highest BCUT2D eigenvalue weighted by molar-refractivity contribution is 5.94. The zero-order valence-electron chi connectivity index (χ0n) is 11.7. The molecule has 0 aromatic heterocycles. The summed E-state index contributed by atoms with van der Waals surface area (Å²) >= 11 is 0. The first kappa shape index (κ1) is 14.3. The molecule has 0 unspecified atom stereocenters. The van der Waals surface area contributed by atoms with Gasteiger partial charge in [-0.25, -0.2) is 0 Å². The molecular formula is C16H20N2O2. The molecule has 4 heteroatoms. The summed E-state index contributed by atoms with van der Waals surface area (Å²) in [5, 5.41) is 5.54. The number of allylic oxidation sites excluding steroid dienone is 2. The number of rotatable bonds is 4. The van der Waals surface area contributed by atoms with Crippen molar-refractivity contribution in [2.45, 2.75) is 25.8 Å². The molecular weight excluding hydrogens is 252 g/mol. The standard InChI is InChI=1S/C16H20N2O2/c1-17-15(19)14-9-5-6-12(10-14)11-18-16(20)13-7-3-2-4-8-13/h2-3,5-6,9-10,13H,4,7-8,11H2,1H3,(H,17,19)(H,18,20)/t13-/m0/s1. The second kappa shape index (κ2) is 6.89. The summed E-state index contributed by atoms with van der Waals surface area (Å²) in [5.74, 6) is 0.0670. The van der Waals surface area contributed by atoms with Crippen molar-refractivity contribution in [2.24, 2.45) is 5.92 Å². The van der Waals surface area contributed by atoms with Gasteiger partial charge in [0.1, 0.15) is 0 Å². The van der Waals surface area contributed by atoms with E-state index in [4.69, 9.17) is 0 Å². The van der Waals surface area contributed by atoms with Crippen molar-refractivity contribution in [3.05, 3.63) is 47.5 Å². The second-order valence-corrected chi connectivity index (χ2v) is 4.98. The molecule has 1 aliphatic carbocycles. The fourth-order valence-electron chi connectivity index (χ4n) is 2.33. The van der Waals surface area contributed by atoms with Crippen LogP contribution in [-0.2, 0) is 11.3 Å². The lowest BCUT2D eigenvalue weighted by molar-refractivity contribution is -0.125. The van der Waals surface area contributed by atoms with E-state index in [1.54, 1.807) is 19.2 Å². The van der Waals surface area contributed by atoms with Crippen LogP contribution in [0.4, 0.5) is 0 Å². The molecule has 0 radical (unpaired) electrons. The topological polar surface area (TPSA) is 58.2 Å². The third kappa shape index (κ3) is 3.70. The molecule has 0 fully saturated rings. The zero-order chi connectivity index (χ0) is 14.4. The normalized spacial score (nSPS) is 17.6. The number of carbonyl (C=O) groups is 2. The van der Waals surface area contributed by atoms with Gasteiger partial charge in [0.15, 0.2) is 0 Å². The van der Waals surface area contributed by atoms with Gasteiger partial charge in [0.05, 0.1) is 0 Å². The fraction of sp³-hybridized carbons (Fsp3) is 0.375. The van der Waals surface area contributed by atoms with E-state index in [1.165, 1.54) is 0 Å². The van der Waals surface area contributed by atoms with Gasteiger partial charge < -0.3 is 10.6 Å². The Hall–Kier alpha value is -2.10. The summed E-state index contributed by atoms with van der Waals surface area (Å²) < 4.78 is 0. The maximum atomic E-state index is 12.0. The Labute approximate surface area is 119 Å². The van der Waals surface area contributed by atoms with Gasteiger partial charge in [-0.3, -0.25) is 9.59 Å². The zero-order valence-corrected chi connectivity index (χ0v) is 11.7. The average molecular weight is 272 g/mol. The van der Waals surface area contributed by atoms with Gasteiger partial charge in [0.2, 0.25) is 5.91 Å². The molecule has 0 saturated heterocycles. The van der Waals surface area contributed by atoms with Crippen LogP contribution >= 0.6 is 0 Å². The summed E-state index contributed by atoms with van der Waals surface area (Å²) in [6, 6.07) is 7.30. The molecule has 1 aliphatic rings. The van der Waals surface area contributed by atoms with Crippen molar-refractivity contribution in [1.82, 2.24) is 10.6 Å². The Morgan fingerprint density at radius 1 is 1.30 bits per heavy atom. The molecule has 0 bridgehead atoms. The molecule has 2 rings (SSSR count). The SMILES string of the molecule is CNC(=O)c1cccc(CNC(=O)[C@H]2CC=CCC2)c1. The van der Waals surface area contributed by atoms with Crippen LogP contribution in [0.25, 0.3) is 0 Å². The number of carbonyl (C=O) groups excluding carboxylic acids is 2. The van der Waals surface area contributed by atoms with Crippen LogP contribution in [0.1, 0.15) is 35.2 Å². The average Bonchev–Trinajstić information content (AvgIpc) is 2.53. The number of amides is 2. The lowest BCUT2D eigenvalue weighted by Crippen LogP contribution is -2.30. The maximum Gasteiger partial charge on any atom is 0.251 e. The van der Waals surface area contributed by atoms with Gasteiger partial charge in [0.25, 0.3) is 5.91 Å². The van der Waals surface area contributed by atoms with E-state index in [-0.39, 0.29) is 17.7 Å². The molecule has 1 atom stereocenters. The molecule has 20 heavy (non-hydrogen) atoms. The van der Waals surface area contributed by atoms with Gasteiger partial charge in [0, 0.05) is 25.1 Å². The largest absolute Gasteiger partial charge is 0.355 e. The monoisotopic (exact) mass is 272 g/mol. The van der Waals surface area contributed by atoms with Crippen LogP contribution in [0.5, 0.6) is 0 Å². The predicted molar refractivity (Wildman–Crippen MR) is 78.2 cm³/mol. The molecule has 0 aliphatic heterocycles. The van der Waals surface area contributed by atoms with E-state index in [1.807, 2.05) is 12.1 Å². The number of nitrogens with one attached hydrogen (secondary N) is 2. The molecule has 2 amide bonds. The molecule has 0 heterocycles. The van der Waals surface area contributed by atoms with Gasteiger partial charge in [-0.1, -0.05) is 24.3 Å². The number of hydrogen-bond donors (Lipinski definition) is 2. The Morgan fingerprint density at radius 2 is 2.15 bits per heavy atom. The Balaban J connectivity index is 1.91. The van der Waals surface area contributed by atoms with Crippen molar-refractivity contribution in [3.63, 3.8) is 0 Å². The van der Waals surface area contributed by atoms with Crippen molar-refractivity contribution >= 4 is 11.8 Å². The molecule has 106 valence electrons. The minimum absolute atomic E-state index is 0.0853. The fourth-order valence-corrected chi connectivity index (χ4v) is 2.33. The van der Waals surface area contributed by atoms with E-state index in [2.05, 4.69) is 22.8 Å². The van der Waals surface area contributed by atoms with E-state index in [0.717, 1.165) is 24.8 Å². The first-order valence-electron chi connectivity index (χ1n) is 6.94. The second-order valence-electron chi connectivity index (χ2n) is 4.98. The van der Waals surface area contributed by atoms with Gasteiger partial charge in [-0.2, -0.15) is 0 Å². The summed E-state index contributed by atoms with van der Waals surface area (Å²) in [7, 11) is 1.60. The van der Waals surface area contributed by atoms with Gasteiger partial charge in [-0.05, 0) is 37.0 Å². The third-order valence-electron chi connectivity index (χ3n) is 3.52. The van der Waals surface area contributed by atoms with E-state index >= 15 is 0 Å². The van der Waals surface area contributed by atoms with Crippen LogP contribution < -0.4 is 10.6 Å². The molecule has 4 nitrogen and oxygen atoms in total. The Morgan fingerprint density at radius 3 is 2.85 bits per heavy atom. The number of hydrogen-bond acceptors (Lipinski definition) is 2. The molecule has 1 aromatic carbocycles. The van der Waals surface area contributed by atoms with E-state index in [0.29, 0.717) is 12.1 Å². The maximum absolute atomic E-state index is 12.0. The lowest BCUT2D eigenvalue weighted by atomic mass is 9.93. The van der Waals surface area contributed by atoms with Crippen molar-refractivity contribution < 1.29 is 9.59 Å². The van der Waals surface area contributed by atoms with E-state index < -0.39 is 0 Å². The Kier molecular flexibility index (Phi) is 4.93. The van der Waals surface area contributed by atoms with Crippen LogP contribution in [0.3, 0.4) is 0 Å². The van der Waals surface area contributed by atoms with Crippen LogP contribution in [-0.4, -0.2) is 18.9 Å². The van der Waals surface area contributed by atoms with Crippen LogP contribution in [0.15, 0.2) is 36.4 Å². The summed E-state index contributed by atoms with van der Waals surface area (Å²) in [6.45, 7) is 0.462. The summed E-state index contributed by atoms with van der Waals surface area (Å²) in [4.78, 5) is 23.6. The number of benzene rings is 1. The van der Waals surface area contributed by atoms with Crippen LogP contribution in [0.2, 0.25) is 0 Å². The van der Waals surface area contributed by atoms with Crippen molar-refractivity contribution in [3.8, 4) is 0 Å². The first-order chi connectivity index (χ1) is 9.70. The molecule has 0 saturated carbocycles. The van der Waals surface area contributed by atoms with E-state index in [9.17, 15) is 9.59 Å². The molecule has 2 N–H and O–H groups in total. The highest BCUT2D eigenvalue weighted by Gasteiger charge is 2.18. The quantitative estimate of drug-likeness (QED) is 0.824. The van der Waals surface area contributed by atoms with Crippen LogP contribution in [0, 0.1) is 5.92 Å². The smallest absolute Gasteiger partial charge is 0.251 e. The minimum Gasteiger partial charge on any atom is -0.355 e. The molecule has 0 spiro atoms. The highest BCUT2D eigenvalue weighted by Crippen LogP contribution is 2.18. The van der Waals surface area contributed by atoms with Gasteiger partial charge in [-0.15, -0.1) is 0 Å².